The molecule has 1 amide bonds. The van der Waals surface area contributed by atoms with Gasteiger partial charge < -0.3 is 10.5 Å². The molecule has 0 unspecified atom stereocenters. The van der Waals surface area contributed by atoms with E-state index in [9.17, 15) is 4.79 Å². The van der Waals surface area contributed by atoms with E-state index >= 15 is 0 Å². The summed E-state index contributed by atoms with van der Waals surface area (Å²) in [5, 5.41) is 9.30. The fourth-order valence-electron chi connectivity index (χ4n) is 3.05. The number of nitriles is 1. The van der Waals surface area contributed by atoms with Crippen LogP contribution in [0, 0.1) is 11.3 Å². The van der Waals surface area contributed by atoms with Crippen LogP contribution in [-0.4, -0.2) is 22.0 Å². The Hall–Kier alpha value is -2.65. The second-order valence-electron chi connectivity index (χ2n) is 6.01. The number of amides is 1. The van der Waals surface area contributed by atoms with Gasteiger partial charge in [-0.15, -0.1) is 0 Å². The summed E-state index contributed by atoms with van der Waals surface area (Å²) in [6.45, 7) is 0. The van der Waals surface area contributed by atoms with Gasteiger partial charge in [0, 0.05) is 23.9 Å². The van der Waals surface area contributed by atoms with Crippen LogP contribution in [0.5, 0.6) is 5.75 Å². The van der Waals surface area contributed by atoms with Gasteiger partial charge in [-0.2, -0.15) is 5.26 Å². The van der Waals surface area contributed by atoms with Crippen molar-refractivity contribution in [2.45, 2.75) is 37.7 Å². The van der Waals surface area contributed by atoms with Crippen molar-refractivity contribution in [3.05, 3.63) is 52.6 Å². The minimum absolute atomic E-state index is 0.0584. The van der Waals surface area contributed by atoms with E-state index in [0.29, 0.717) is 16.3 Å². The van der Waals surface area contributed by atoms with Crippen LogP contribution >= 0.6 is 11.6 Å². The number of ether oxygens (including phenoxy) is 1. The van der Waals surface area contributed by atoms with Crippen molar-refractivity contribution in [2.75, 3.05) is 0 Å². The Kier molecular flexibility index (Phi) is 5.15. The summed E-state index contributed by atoms with van der Waals surface area (Å²) in [4.78, 5) is 19.4. The number of nitrogens with zero attached hydrogens (tertiary/aromatic N) is 3. The number of primary amides is 1. The van der Waals surface area contributed by atoms with Gasteiger partial charge in [0.05, 0.1) is 16.7 Å². The minimum atomic E-state index is -0.614. The third-order valence-electron chi connectivity index (χ3n) is 4.35. The molecular formula is C18H17ClN4O2. The molecule has 1 saturated carbocycles. The molecule has 2 aromatic rings. The lowest BCUT2D eigenvalue weighted by Crippen LogP contribution is -2.24. The number of aromatic nitrogens is 2. The number of nitrogens with two attached hydrogens (primary N) is 1. The van der Waals surface area contributed by atoms with Crippen molar-refractivity contribution >= 4 is 17.5 Å². The molecule has 128 valence electrons. The van der Waals surface area contributed by atoms with E-state index in [-0.39, 0.29) is 17.8 Å². The maximum absolute atomic E-state index is 11.2. The minimum Gasteiger partial charge on any atom is -0.490 e. The van der Waals surface area contributed by atoms with Gasteiger partial charge in [0.25, 0.3) is 5.91 Å². The molecule has 7 heteroatoms. The zero-order valence-corrected chi connectivity index (χ0v) is 14.2. The number of hydrogen-bond acceptors (Lipinski definition) is 5. The first kappa shape index (κ1) is 17.2. The van der Waals surface area contributed by atoms with E-state index in [0.717, 1.165) is 31.4 Å². The molecule has 1 heterocycles. The summed E-state index contributed by atoms with van der Waals surface area (Å²) in [7, 11) is 0. The predicted molar refractivity (Wildman–Crippen MR) is 92.3 cm³/mol. The van der Waals surface area contributed by atoms with Crippen LogP contribution in [0.4, 0.5) is 0 Å². The first-order chi connectivity index (χ1) is 12.1. The molecule has 1 aliphatic carbocycles. The van der Waals surface area contributed by atoms with Gasteiger partial charge in [0.2, 0.25) is 5.82 Å². The highest BCUT2D eigenvalue weighted by atomic mass is 35.5. The third kappa shape index (κ3) is 4.06. The van der Waals surface area contributed by atoms with Gasteiger partial charge in [0.15, 0.2) is 0 Å². The average molecular weight is 357 g/mol. The molecular weight excluding hydrogens is 340 g/mol. The van der Waals surface area contributed by atoms with Crippen LogP contribution in [0.25, 0.3) is 0 Å². The van der Waals surface area contributed by atoms with E-state index in [1.165, 1.54) is 0 Å². The van der Waals surface area contributed by atoms with Crippen molar-refractivity contribution in [1.29, 1.82) is 5.26 Å². The fourth-order valence-corrected chi connectivity index (χ4v) is 3.26. The lowest BCUT2D eigenvalue weighted by atomic mass is 9.85. The smallest absolute Gasteiger partial charge is 0.286 e. The molecule has 6 nitrogen and oxygen atoms in total. The maximum atomic E-state index is 11.2. The van der Waals surface area contributed by atoms with Crippen LogP contribution in [0.3, 0.4) is 0 Å². The van der Waals surface area contributed by atoms with Gasteiger partial charge >= 0.3 is 0 Å². The van der Waals surface area contributed by atoms with Gasteiger partial charge in [0.1, 0.15) is 11.8 Å². The summed E-state index contributed by atoms with van der Waals surface area (Å²) in [5.41, 5.74) is 6.53. The van der Waals surface area contributed by atoms with Gasteiger partial charge in [-0.25, -0.2) is 9.97 Å². The third-order valence-corrected chi connectivity index (χ3v) is 4.67. The Balaban J connectivity index is 1.60. The van der Waals surface area contributed by atoms with Crippen molar-refractivity contribution in [1.82, 2.24) is 9.97 Å². The van der Waals surface area contributed by atoms with Crippen molar-refractivity contribution < 1.29 is 9.53 Å². The lowest BCUT2D eigenvalue weighted by Gasteiger charge is -2.28. The molecule has 1 aromatic carbocycles. The highest BCUT2D eigenvalue weighted by Crippen LogP contribution is 2.34. The van der Waals surface area contributed by atoms with Crippen molar-refractivity contribution in [3.8, 4) is 11.8 Å². The normalized spacial score (nSPS) is 19.8. The Morgan fingerprint density at radius 3 is 2.68 bits per heavy atom. The van der Waals surface area contributed by atoms with E-state index < -0.39 is 5.91 Å². The van der Waals surface area contributed by atoms with E-state index in [1.807, 2.05) is 12.1 Å². The lowest BCUT2D eigenvalue weighted by molar-refractivity contribution is 0.0989. The molecule has 0 saturated heterocycles. The molecule has 1 aliphatic rings. The molecule has 0 atom stereocenters. The van der Waals surface area contributed by atoms with Crippen LogP contribution in [0.15, 0.2) is 30.5 Å². The summed E-state index contributed by atoms with van der Waals surface area (Å²) in [6, 6.07) is 8.96. The largest absolute Gasteiger partial charge is 0.490 e. The number of carbonyl (C=O) groups excluding carboxylic acids is 1. The van der Waals surface area contributed by atoms with E-state index in [1.54, 1.807) is 24.4 Å². The summed E-state index contributed by atoms with van der Waals surface area (Å²) in [5.74, 6) is 0.385. The second kappa shape index (κ2) is 7.49. The summed E-state index contributed by atoms with van der Waals surface area (Å²) >= 11 is 6.04. The Bertz CT molecular complexity index is 826. The Morgan fingerprint density at radius 2 is 2.04 bits per heavy atom. The number of halogens is 1. The van der Waals surface area contributed by atoms with Crippen LogP contribution in [0.2, 0.25) is 5.02 Å². The second-order valence-corrected chi connectivity index (χ2v) is 6.42. The number of rotatable bonds is 4. The molecule has 25 heavy (non-hydrogen) atoms. The SMILES string of the molecule is N#Cc1ccc(OC2CCC(c3ccnc(C(N)=O)n3)CC2)cc1Cl. The predicted octanol–water partition coefficient (Wildman–Crippen LogP) is 3.21. The number of hydrogen-bond donors (Lipinski definition) is 1. The van der Waals surface area contributed by atoms with Crippen LogP contribution in [0.1, 0.15) is 53.5 Å². The molecule has 2 N–H and O–H groups in total. The fraction of sp³-hybridized carbons (Fsp3) is 0.333. The van der Waals surface area contributed by atoms with Crippen LogP contribution in [-0.2, 0) is 0 Å². The van der Waals surface area contributed by atoms with Gasteiger partial charge in [-0.3, -0.25) is 4.79 Å². The number of carbonyl (C=O) groups is 1. The Labute approximate surface area is 150 Å². The van der Waals surface area contributed by atoms with Gasteiger partial charge in [-0.05, 0) is 43.9 Å². The Morgan fingerprint density at radius 1 is 1.28 bits per heavy atom. The zero-order valence-electron chi connectivity index (χ0n) is 13.5. The topological polar surface area (TPSA) is 102 Å². The first-order valence-electron chi connectivity index (χ1n) is 8.06. The van der Waals surface area contributed by atoms with Crippen molar-refractivity contribution in [2.24, 2.45) is 5.73 Å². The summed E-state index contributed by atoms with van der Waals surface area (Å²) < 4.78 is 5.98. The molecule has 1 fully saturated rings. The van der Waals surface area contributed by atoms with Gasteiger partial charge in [-0.1, -0.05) is 11.6 Å². The standard InChI is InChI=1S/C18H17ClN4O2/c19-15-9-14(6-3-12(15)10-20)25-13-4-1-11(2-5-13)16-7-8-22-18(23-16)17(21)24/h3,6-9,11,13H,1-2,4-5H2,(H2,21,24). The van der Waals surface area contributed by atoms with E-state index in [2.05, 4.69) is 9.97 Å². The molecule has 0 aliphatic heterocycles. The van der Waals surface area contributed by atoms with E-state index in [4.69, 9.17) is 27.3 Å². The number of benzene rings is 1. The molecule has 0 bridgehead atoms. The highest BCUT2D eigenvalue weighted by molar-refractivity contribution is 6.31. The maximum Gasteiger partial charge on any atom is 0.286 e. The monoisotopic (exact) mass is 356 g/mol. The molecule has 1 aromatic heterocycles. The van der Waals surface area contributed by atoms with Crippen molar-refractivity contribution in [3.63, 3.8) is 0 Å². The quantitative estimate of drug-likeness (QED) is 0.906. The first-order valence-corrected chi connectivity index (χ1v) is 8.43. The molecule has 3 rings (SSSR count). The van der Waals surface area contributed by atoms with Crippen LogP contribution < -0.4 is 10.5 Å². The highest BCUT2D eigenvalue weighted by Gasteiger charge is 2.25. The molecule has 0 radical (unpaired) electrons. The average Bonchev–Trinajstić information content (AvgIpc) is 2.62. The zero-order chi connectivity index (χ0) is 17.8. The molecule has 0 spiro atoms. The summed E-state index contributed by atoms with van der Waals surface area (Å²) in [6.07, 6.45) is 5.23.